The molecule has 1 aromatic carbocycles. The minimum absolute atomic E-state index is 0.383. The highest BCUT2D eigenvalue weighted by Gasteiger charge is 2.26. The first-order chi connectivity index (χ1) is 10.7. The molecule has 3 rings (SSSR count). The molecule has 0 fully saturated rings. The molecule has 0 unspecified atom stereocenters. The highest BCUT2D eigenvalue weighted by molar-refractivity contribution is 6.01. The second kappa shape index (κ2) is 5.59. The second-order valence-electron chi connectivity index (χ2n) is 5.01. The van der Waals surface area contributed by atoms with Crippen molar-refractivity contribution in [2.24, 2.45) is 5.16 Å². The third-order valence-electron chi connectivity index (χ3n) is 3.81. The lowest BCUT2D eigenvalue weighted by molar-refractivity contribution is 0.180. The van der Waals surface area contributed by atoms with Crippen LogP contribution in [-0.4, -0.2) is 40.1 Å². The molecule has 1 aliphatic rings. The van der Waals surface area contributed by atoms with Crippen LogP contribution < -0.4 is 9.47 Å². The summed E-state index contributed by atoms with van der Waals surface area (Å²) in [6.45, 7) is 0. The van der Waals surface area contributed by atoms with Crippen molar-refractivity contribution in [3.05, 3.63) is 29.6 Å². The zero-order valence-electron chi connectivity index (χ0n) is 12.4. The number of fused-ring (bicyclic) bond motifs is 1. The molecule has 1 aliphatic carbocycles. The van der Waals surface area contributed by atoms with Gasteiger partial charge in [0.15, 0.2) is 17.3 Å². The molecule has 7 nitrogen and oxygen atoms in total. The summed E-state index contributed by atoms with van der Waals surface area (Å²) in [4.78, 5) is 4.43. The van der Waals surface area contributed by atoms with Crippen LogP contribution in [0.5, 0.6) is 11.5 Å². The monoisotopic (exact) mass is 303 g/mol. The zero-order chi connectivity index (χ0) is 15.7. The number of methoxy groups -OCH3 is 2. The molecule has 0 saturated carbocycles. The van der Waals surface area contributed by atoms with Crippen LogP contribution in [0.2, 0.25) is 0 Å². The molecule has 0 aliphatic heterocycles. The van der Waals surface area contributed by atoms with Crippen molar-refractivity contribution >= 4 is 5.71 Å². The summed E-state index contributed by atoms with van der Waals surface area (Å²) in [5.41, 5.74) is 2.38. The van der Waals surface area contributed by atoms with Gasteiger partial charge in [0, 0.05) is 5.56 Å². The molecule has 1 heterocycles. The largest absolute Gasteiger partial charge is 0.493 e. The van der Waals surface area contributed by atoms with Gasteiger partial charge in [0.1, 0.15) is 11.4 Å². The van der Waals surface area contributed by atoms with Crippen LogP contribution in [0.15, 0.2) is 23.4 Å². The molecule has 0 atom stereocenters. The lowest BCUT2D eigenvalue weighted by Crippen LogP contribution is -2.13. The number of rotatable bonds is 3. The number of benzene rings is 1. The van der Waals surface area contributed by atoms with Gasteiger partial charge in [-0.2, -0.15) is 4.73 Å². The number of hydrogen-bond acceptors (Lipinski definition) is 6. The van der Waals surface area contributed by atoms with E-state index in [1.807, 2.05) is 0 Å². The van der Waals surface area contributed by atoms with Gasteiger partial charge in [-0.15, -0.1) is 0 Å². The van der Waals surface area contributed by atoms with Gasteiger partial charge < -0.3 is 19.9 Å². The van der Waals surface area contributed by atoms with Crippen LogP contribution in [0.4, 0.5) is 0 Å². The molecule has 0 radical (unpaired) electrons. The Morgan fingerprint density at radius 1 is 1.18 bits per heavy atom. The van der Waals surface area contributed by atoms with Gasteiger partial charge >= 0.3 is 0 Å². The Hall–Kier alpha value is -2.70. The van der Waals surface area contributed by atoms with Gasteiger partial charge in [0.25, 0.3) is 0 Å². The topological polar surface area (TPSA) is 89.1 Å². The summed E-state index contributed by atoms with van der Waals surface area (Å²) >= 11 is 0. The molecule has 116 valence electrons. The number of nitrogens with zero attached hydrogens (tertiary/aromatic N) is 3. The van der Waals surface area contributed by atoms with E-state index in [-0.39, 0.29) is 0 Å². The minimum atomic E-state index is 0.383. The molecule has 7 heteroatoms. The molecule has 0 saturated heterocycles. The molecule has 0 amide bonds. The predicted octanol–water partition coefficient (Wildman–Crippen LogP) is 2.32. The van der Waals surface area contributed by atoms with Crippen molar-refractivity contribution in [1.29, 1.82) is 0 Å². The van der Waals surface area contributed by atoms with E-state index in [9.17, 15) is 5.21 Å². The van der Waals surface area contributed by atoms with Crippen molar-refractivity contribution in [2.75, 3.05) is 14.2 Å². The van der Waals surface area contributed by atoms with E-state index < -0.39 is 0 Å². The first-order valence-corrected chi connectivity index (χ1v) is 6.94. The second-order valence-corrected chi connectivity index (χ2v) is 5.01. The Morgan fingerprint density at radius 2 is 1.95 bits per heavy atom. The van der Waals surface area contributed by atoms with Gasteiger partial charge in [0.05, 0.1) is 19.9 Å². The Morgan fingerprint density at radius 3 is 2.64 bits per heavy atom. The maximum atomic E-state index is 10.4. The summed E-state index contributed by atoms with van der Waals surface area (Å²) < 4.78 is 11.5. The number of aromatic nitrogens is 2. The average molecular weight is 303 g/mol. The fourth-order valence-electron chi connectivity index (χ4n) is 2.70. The summed E-state index contributed by atoms with van der Waals surface area (Å²) in [5.74, 6) is 1.54. The van der Waals surface area contributed by atoms with Crippen molar-refractivity contribution in [1.82, 2.24) is 9.71 Å². The summed E-state index contributed by atoms with van der Waals surface area (Å²) in [6.07, 6.45) is 2.14. The Balaban J connectivity index is 2.12. The first kappa shape index (κ1) is 14.2. The van der Waals surface area contributed by atoms with Crippen molar-refractivity contribution < 1.29 is 19.9 Å². The molecule has 1 aromatic heterocycles. The van der Waals surface area contributed by atoms with E-state index in [0.717, 1.165) is 11.2 Å². The molecule has 2 N–H and O–H groups in total. The SMILES string of the molecule is COc1ccc(-c2nc3c(n2O)CCCC3=NO)cc1OC. The van der Waals surface area contributed by atoms with Crippen LogP contribution in [0.1, 0.15) is 24.2 Å². The summed E-state index contributed by atoms with van der Waals surface area (Å²) in [7, 11) is 3.11. The first-order valence-electron chi connectivity index (χ1n) is 6.94. The molecule has 0 bridgehead atoms. The number of hydrogen-bond donors (Lipinski definition) is 2. The van der Waals surface area contributed by atoms with Gasteiger partial charge in [-0.25, -0.2) is 4.98 Å². The van der Waals surface area contributed by atoms with Crippen molar-refractivity contribution in [3.8, 4) is 22.9 Å². The van der Waals surface area contributed by atoms with Gasteiger partial charge in [0.2, 0.25) is 0 Å². The minimum Gasteiger partial charge on any atom is -0.493 e. The number of imidazole rings is 1. The van der Waals surface area contributed by atoms with Gasteiger partial charge in [-0.1, -0.05) is 5.16 Å². The Labute approximate surface area is 127 Å². The van der Waals surface area contributed by atoms with Crippen LogP contribution in [0.25, 0.3) is 11.4 Å². The Bertz CT molecular complexity index is 737. The highest BCUT2D eigenvalue weighted by Crippen LogP contribution is 2.33. The normalized spacial score (nSPS) is 15.6. The third kappa shape index (κ3) is 2.14. The van der Waals surface area contributed by atoms with Crippen LogP contribution >= 0.6 is 0 Å². The predicted molar refractivity (Wildman–Crippen MR) is 79.2 cm³/mol. The molecule has 2 aromatic rings. The van der Waals surface area contributed by atoms with E-state index >= 15 is 0 Å². The molecular formula is C15H17N3O4. The van der Waals surface area contributed by atoms with E-state index in [0.29, 0.717) is 52.8 Å². The fraction of sp³-hybridized carbons (Fsp3) is 0.333. The molecule has 0 spiro atoms. The van der Waals surface area contributed by atoms with E-state index in [4.69, 9.17) is 14.7 Å². The number of ether oxygens (including phenoxy) is 2. The molecule has 22 heavy (non-hydrogen) atoms. The van der Waals surface area contributed by atoms with E-state index in [2.05, 4.69) is 10.1 Å². The molecular weight excluding hydrogens is 286 g/mol. The average Bonchev–Trinajstić information content (AvgIpc) is 2.91. The lowest BCUT2D eigenvalue weighted by Gasteiger charge is -2.11. The number of oxime groups is 1. The van der Waals surface area contributed by atoms with Gasteiger partial charge in [-0.05, 0) is 37.5 Å². The Kier molecular flexibility index (Phi) is 3.62. The standard InChI is InChI=1S/C15H17N3O4/c1-21-12-7-6-9(8-13(12)22-2)15-16-14-10(17-19)4-3-5-11(14)18(15)20/h6-8,19-20H,3-5H2,1-2H3. The maximum absolute atomic E-state index is 10.4. The smallest absolute Gasteiger partial charge is 0.176 e. The van der Waals surface area contributed by atoms with E-state index in [1.54, 1.807) is 32.4 Å². The van der Waals surface area contributed by atoms with Gasteiger partial charge in [-0.3, -0.25) is 0 Å². The van der Waals surface area contributed by atoms with Crippen LogP contribution in [0, 0.1) is 0 Å². The van der Waals surface area contributed by atoms with Crippen molar-refractivity contribution in [2.45, 2.75) is 19.3 Å². The quantitative estimate of drug-likeness (QED) is 0.516. The lowest BCUT2D eigenvalue weighted by atomic mass is 9.99. The fourth-order valence-corrected chi connectivity index (χ4v) is 2.70. The summed E-state index contributed by atoms with van der Waals surface area (Å²) in [5, 5.41) is 22.7. The summed E-state index contributed by atoms with van der Waals surface area (Å²) in [6, 6.07) is 5.29. The maximum Gasteiger partial charge on any atom is 0.176 e. The van der Waals surface area contributed by atoms with E-state index in [1.165, 1.54) is 0 Å². The highest BCUT2D eigenvalue weighted by atomic mass is 16.5. The zero-order valence-corrected chi connectivity index (χ0v) is 12.4. The van der Waals surface area contributed by atoms with Crippen molar-refractivity contribution in [3.63, 3.8) is 0 Å². The third-order valence-corrected chi connectivity index (χ3v) is 3.81. The van der Waals surface area contributed by atoms with Crippen LogP contribution in [-0.2, 0) is 6.42 Å². The van der Waals surface area contributed by atoms with Crippen LogP contribution in [0.3, 0.4) is 0 Å².